The fourth-order valence-corrected chi connectivity index (χ4v) is 4.46. The van der Waals surface area contributed by atoms with Crippen LogP contribution in [0, 0.1) is 5.92 Å². The Morgan fingerprint density at radius 3 is 2.70 bits per heavy atom. The standard InChI is InChI=1S/C24H32N4O.HI/c1-17(2)22(28-13-11-18-7-3-4-8-19(18)16-28)15-26-24(25)27-21-12-14-29-23-10-6-5-9-20(21)23;/h3-10,17,21-22H,11-16H2,1-2H3,(H3,25,26,27);1H. The maximum atomic E-state index is 6.30. The minimum atomic E-state index is 0. The molecule has 2 aliphatic rings. The zero-order valence-corrected chi connectivity index (χ0v) is 20.2. The van der Waals surface area contributed by atoms with Crippen molar-refractivity contribution in [1.82, 2.24) is 10.2 Å². The van der Waals surface area contributed by atoms with Gasteiger partial charge in [-0.3, -0.25) is 9.89 Å². The first kappa shape index (κ1) is 22.9. The minimum absolute atomic E-state index is 0. The van der Waals surface area contributed by atoms with E-state index < -0.39 is 0 Å². The molecule has 0 saturated heterocycles. The molecule has 3 N–H and O–H groups in total. The maximum absolute atomic E-state index is 6.30. The third-order valence-electron chi connectivity index (χ3n) is 6.13. The van der Waals surface area contributed by atoms with Crippen molar-refractivity contribution in [3.63, 3.8) is 0 Å². The van der Waals surface area contributed by atoms with Crippen LogP contribution >= 0.6 is 24.0 Å². The number of ether oxygens (including phenoxy) is 1. The topological polar surface area (TPSA) is 62.9 Å². The molecule has 0 amide bonds. The van der Waals surface area contributed by atoms with E-state index in [4.69, 9.17) is 15.5 Å². The monoisotopic (exact) mass is 520 g/mol. The van der Waals surface area contributed by atoms with E-state index in [1.807, 2.05) is 18.2 Å². The summed E-state index contributed by atoms with van der Waals surface area (Å²) in [7, 11) is 0. The summed E-state index contributed by atoms with van der Waals surface area (Å²) in [6.45, 7) is 8.04. The smallest absolute Gasteiger partial charge is 0.189 e. The molecule has 2 aromatic rings. The second kappa shape index (κ2) is 10.5. The van der Waals surface area contributed by atoms with Crippen molar-refractivity contribution >= 4 is 29.9 Å². The maximum Gasteiger partial charge on any atom is 0.189 e. The summed E-state index contributed by atoms with van der Waals surface area (Å²) in [6.07, 6.45) is 2.00. The second-order valence-corrected chi connectivity index (χ2v) is 8.40. The number of nitrogens with one attached hydrogen (secondary N) is 1. The van der Waals surface area contributed by atoms with Gasteiger partial charge in [0.2, 0.25) is 0 Å². The quantitative estimate of drug-likeness (QED) is 0.354. The Kier molecular flexibility index (Phi) is 7.99. The van der Waals surface area contributed by atoms with Crippen LogP contribution in [0.5, 0.6) is 5.75 Å². The average molecular weight is 520 g/mol. The second-order valence-electron chi connectivity index (χ2n) is 8.40. The molecule has 0 fully saturated rings. The molecule has 2 aromatic carbocycles. The summed E-state index contributed by atoms with van der Waals surface area (Å²) in [5, 5.41) is 3.42. The largest absolute Gasteiger partial charge is 0.493 e. The highest BCUT2D eigenvalue weighted by atomic mass is 127. The molecule has 2 aliphatic heterocycles. The van der Waals surface area contributed by atoms with Crippen molar-refractivity contribution in [2.24, 2.45) is 16.6 Å². The zero-order valence-electron chi connectivity index (χ0n) is 17.9. The van der Waals surface area contributed by atoms with Crippen molar-refractivity contribution in [3.05, 3.63) is 65.2 Å². The number of benzene rings is 2. The van der Waals surface area contributed by atoms with Gasteiger partial charge in [-0.1, -0.05) is 56.3 Å². The van der Waals surface area contributed by atoms with Crippen molar-refractivity contribution in [2.45, 2.75) is 45.3 Å². The summed E-state index contributed by atoms with van der Waals surface area (Å²) in [5.74, 6) is 1.98. The van der Waals surface area contributed by atoms with Gasteiger partial charge >= 0.3 is 0 Å². The lowest BCUT2D eigenvalue weighted by atomic mass is 9.95. The normalized spacial score (nSPS) is 19.8. The van der Waals surface area contributed by atoms with Crippen molar-refractivity contribution in [2.75, 3.05) is 19.7 Å². The number of hydrogen-bond donors (Lipinski definition) is 2. The van der Waals surface area contributed by atoms with E-state index >= 15 is 0 Å². The molecule has 0 spiro atoms. The molecule has 0 aromatic heterocycles. The SMILES string of the molecule is CC(C)C(CN=C(N)NC1CCOc2ccccc21)N1CCc2ccccc2C1.I. The number of fused-ring (bicyclic) bond motifs is 2. The number of hydrogen-bond acceptors (Lipinski definition) is 3. The van der Waals surface area contributed by atoms with Gasteiger partial charge in [0.15, 0.2) is 5.96 Å². The van der Waals surface area contributed by atoms with Gasteiger partial charge in [-0.15, -0.1) is 24.0 Å². The average Bonchev–Trinajstić information content (AvgIpc) is 2.74. The lowest BCUT2D eigenvalue weighted by Crippen LogP contribution is -2.45. The third kappa shape index (κ3) is 5.27. The van der Waals surface area contributed by atoms with E-state index in [1.54, 1.807) is 0 Å². The van der Waals surface area contributed by atoms with E-state index in [0.29, 0.717) is 31.1 Å². The van der Waals surface area contributed by atoms with E-state index in [0.717, 1.165) is 37.2 Å². The number of aliphatic imine (C=N–C) groups is 1. The Labute approximate surface area is 197 Å². The van der Waals surface area contributed by atoms with Crippen molar-refractivity contribution < 1.29 is 4.74 Å². The number of rotatable bonds is 5. The summed E-state index contributed by atoms with van der Waals surface area (Å²) < 4.78 is 5.75. The molecule has 30 heavy (non-hydrogen) atoms. The fourth-order valence-electron chi connectivity index (χ4n) is 4.46. The van der Waals surface area contributed by atoms with Gasteiger partial charge in [0, 0.05) is 31.1 Å². The van der Waals surface area contributed by atoms with Gasteiger partial charge < -0.3 is 15.8 Å². The molecule has 0 bridgehead atoms. The first-order chi connectivity index (χ1) is 14.1. The molecule has 0 radical (unpaired) electrons. The van der Waals surface area contributed by atoms with E-state index in [-0.39, 0.29) is 30.0 Å². The highest BCUT2D eigenvalue weighted by Gasteiger charge is 2.26. The van der Waals surface area contributed by atoms with E-state index in [9.17, 15) is 0 Å². The van der Waals surface area contributed by atoms with Gasteiger partial charge in [-0.2, -0.15) is 0 Å². The number of nitrogens with two attached hydrogens (primary N) is 1. The Morgan fingerprint density at radius 2 is 1.90 bits per heavy atom. The predicted molar refractivity (Wildman–Crippen MR) is 134 cm³/mol. The van der Waals surface area contributed by atoms with Crippen LogP contribution in [0.3, 0.4) is 0 Å². The van der Waals surface area contributed by atoms with Crippen LogP contribution in [0.15, 0.2) is 53.5 Å². The number of nitrogens with zero attached hydrogens (tertiary/aromatic N) is 2. The lowest BCUT2D eigenvalue weighted by Gasteiger charge is -2.37. The molecule has 5 nitrogen and oxygen atoms in total. The minimum Gasteiger partial charge on any atom is -0.493 e. The molecular weight excluding hydrogens is 487 g/mol. The van der Waals surface area contributed by atoms with Crippen LogP contribution in [0.25, 0.3) is 0 Å². The predicted octanol–water partition coefficient (Wildman–Crippen LogP) is 4.12. The van der Waals surface area contributed by atoms with Crippen LogP contribution in [0.4, 0.5) is 0 Å². The van der Waals surface area contributed by atoms with Crippen LogP contribution in [0.2, 0.25) is 0 Å². The molecular formula is C24H33IN4O. The van der Waals surface area contributed by atoms with E-state index in [2.05, 4.69) is 54.4 Å². The number of guanidine groups is 1. The highest BCUT2D eigenvalue weighted by Crippen LogP contribution is 2.31. The summed E-state index contributed by atoms with van der Waals surface area (Å²) in [5.41, 5.74) is 10.4. The summed E-state index contributed by atoms with van der Waals surface area (Å²) in [4.78, 5) is 7.31. The molecule has 0 aliphatic carbocycles. The molecule has 0 saturated carbocycles. The molecule has 2 unspecified atom stereocenters. The molecule has 162 valence electrons. The van der Waals surface area contributed by atoms with Crippen LogP contribution in [0.1, 0.15) is 43.0 Å². The van der Waals surface area contributed by atoms with Gasteiger partial charge in [-0.25, -0.2) is 0 Å². The van der Waals surface area contributed by atoms with Crippen LogP contribution < -0.4 is 15.8 Å². The lowest BCUT2D eigenvalue weighted by molar-refractivity contribution is 0.144. The Bertz CT molecular complexity index is 870. The molecule has 2 heterocycles. The van der Waals surface area contributed by atoms with Crippen LogP contribution in [-0.2, 0) is 13.0 Å². The van der Waals surface area contributed by atoms with Gasteiger partial charge in [0.05, 0.1) is 19.2 Å². The van der Waals surface area contributed by atoms with Gasteiger partial charge in [0.25, 0.3) is 0 Å². The van der Waals surface area contributed by atoms with Crippen molar-refractivity contribution in [1.29, 1.82) is 0 Å². The summed E-state index contributed by atoms with van der Waals surface area (Å²) in [6, 6.07) is 17.5. The molecule has 2 atom stereocenters. The first-order valence-corrected chi connectivity index (χ1v) is 10.7. The van der Waals surface area contributed by atoms with Crippen molar-refractivity contribution in [3.8, 4) is 5.75 Å². The van der Waals surface area contributed by atoms with Gasteiger partial charge in [0.1, 0.15) is 5.75 Å². The molecule has 6 heteroatoms. The Morgan fingerprint density at radius 1 is 1.17 bits per heavy atom. The Hall–Kier alpha value is -1.80. The van der Waals surface area contributed by atoms with Gasteiger partial charge in [-0.05, 0) is 29.5 Å². The number of halogens is 1. The number of para-hydroxylation sites is 1. The Balaban J connectivity index is 0.00000256. The third-order valence-corrected chi connectivity index (χ3v) is 6.13. The molecule has 4 rings (SSSR count). The summed E-state index contributed by atoms with van der Waals surface area (Å²) >= 11 is 0. The first-order valence-electron chi connectivity index (χ1n) is 10.7. The zero-order chi connectivity index (χ0) is 20.2. The highest BCUT2D eigenvalue weighted by molar-refractivity contribution is 14.0. The van der Waals surface area contributed by atoms with Crippen LogP contribution in [-0.4, -0.2) is 36.6 Å². The fraction of sp³-hybridized carbons (Fsp3) is 0.458. The van der Waals surface area contributed by atoms with E-state index in [1.165, 1.54) is 11.1 Å².